The van der Waals surface area contributed by atoms with Crippen LogP contribution in [0.25, 0.3) is 21.4 Å². The molecule has 3 aromatic heterocycles. The molecule has 1 saturated carbocycles. The van der Waals surface area contributed by atoms with Crippen LogP contribution in [0, 0.1) is 12.3 Å². The maximum absolute atomic E-state index is 14.3. The molecule has 0 saturated heterocycles. The fourth-order valence-corrected chi connectivity index (χ4v) is 6.80. The van der Waals surface area contributed by atoms with Crippen LogP contribution in [-0.2, 0) is 4.79 Å². The average Bonchev–Trinajstić information content (AvgIpc) is 3.78. The molecule has 0 aliphatic heterocycles. The Labute approximate surface area is 239 Å². The molecule has 0 radical (unpaired) electrons. The largest absolute Gasteiger partial charge is 0.444 e. The van der Waals surface area contributed by atoms with E-state index in [2.05, 4.69) is 21.2 Å². The molecule has 3 heterocycles. The van der Waals surface area contributed by atoms with Crippen LogP contribution in [0.2, 0.25) is 0 Å². The minimum absolute atomic E-state index is 0.0757. The summed E-state index contributed by atoms with van der Waals surface area (Å²) < 4.78 is 6.49. The molecular formula is C31H26N4O3S2. The van der Waals surface area contributed by atoms with E-state index in [1.54, 1.807) is 27.8 Å². The van der Waals surface area contributed by atoms with Crippen molar-refractivity contribution in [3.05, 3.63) is 88.1 Å². The number of nitrogens with one attached hydrogen (secondary N) is 1. The molecular weight excluding hydrogens is 541 g/mol. The Morgan fingerprint density at radius 3 is 2.58 bits per heavy atom. The Hall–Kier alpha value is -4.26. The molecule has 2 aromatic carbocycles. The lowest BCUT2D eigenvalue weighted by molar-refractivity contribution is -0.123. The number of hydrogen-bond acceptors (Lipinski definition) is 7. The molecule has 1 N–H and O–H groups in total. The number of oxazole rings is 1. The monoisotopic (exact) mass is 566 g/mol. The van der Waals surface area contributed by atoms with Crippen molar-refractivity contribution >= 4 is 50.3 Å². The third-order valence-electron chi connectivity index (χ3n) is 7.19. The van der Waals surface area contributed by atoms with Gasteiger partial charge in [0.2, 0.25) is 5.91 Å². The highest BCUT2D eigenvalue weighted by Crippen LogP contribution is 2.38. The van der Waals surface area contributed by atoms with Crippen molar-refractivity contribution < 1.29 is 14.0 Å². The van der Waals surface area contributed by atoms with Crippen LogP contribution in [0.5, 0.6) is 0 Å². The molecule has 9 heteroatoms. The van der Waals surface area contributed by atoms with E-state index in [9.17, 15) is 9.59 Å². The second-order valence-electron chi connectivity index (χ2n) is 9.70. The zero-order chi connectivity index (χ0) is 27.5. The molecule has 1 fully saturated rings. The number of aromatic nitrogens is 2. The van der Waals surface area contributed by atoms with Crippen molar-refractivity contribution in [3.8, 4) is 23.7 Å². The fraction of sp³-hybridized carbons (Fsp3) is 0.226. The van der Waals surface area contributed by atoms with Gasteiger partial charge in [0.25, 0.3) is 5.91 Å². The summed E-state index contributed by atoms with van der Waals surface area (Å²) in [7, 11) is 0. The zero-order valence-electron chi connectivity index (χ0n) is 21.6. The van der Waals surface area contributed by atoms with Gasteiger partial charge in [-0.1, -0.05) is 37.5 Å². The molecule has 5 aromatic rings. The second-order valence-corrected chi connectivity index (χ2v) is 11.5. The summed E-state index contributed by atoms with van der Waals surface area (Å²) in [6, 6.07) is 14.4. The molecule has 1 atom stereocenters. The van der Waals surface area contributed by atoms with Crippen LogP contribution in [0.1, 0.15) is 59.2 Å². The van der Waals surface area contributed by atoms with Gasteiger partial charge < -0.3 is 9.73 Å². The van der Waals surface area contributed by atoms with Gasteiger partial charge in [-0.3, -0.25) is 14.5 Å². The number of carbonyl (C=O) groups excluding carboxylic acids is 2. The van der Waals surface area contributed by atoms with E-state index in [4.69, 9.17) is 10.8 Å². The highest BCUT2D eigenvalue weighted by atomic mass is 32.1. The molecule has 6 rings (SSSR count). The van der Waals surface area contributed by atoms with Crippen LogP contribution >= 0.6 is 22.7 Å². The van der Waals surface area contributed by atoms with E-state index in [1.165, 1.54) is 24.2 Å². The molecule has 1 unspecified atom stereocenters. The van der Waals surface area contributed by atoms with Gasteiger partial charge in [-0.2, -0.15) is 0 Å². The first kappa shape index (κ1) is 26.0. The maximum atomic E-state index is 14.3. The third kappa shape index (κ3) is 5.16. The number of thiophene rings is 1. The Kier molecular flexibility index (Phi) is 7.45. The van der Waals surface area contributed by atoms with E-state index >= 15 is 0 Å². The lowest BCUT2D eigenvalue weighted by Gasteiger charge is -2.33. The predicted octanol–water partition coefficient (Wildman–Crippen LogP) is 6.83. The molecule has 0 spiro atoms. The van der Waals surface area contributed by atoms with Crippen LogP contribution in [0.4, 0.5) is 5.69 Å². The number of amides is 2. The van der Waals surface area contributed by atoms with Crippen LogP contribution < -0.4 is 10.2 Å². The SMILES string of the molecule is C#Cc1nc(C(=O)N(c2ccc(-c3cnco3)cc2)C(C(=O)NC2CCCCC2)c2csc3ccccc23)cs1. The number of thiazole rings is 1. The topological polar surface area (TPSA) is 88.3 Å². The van der Waals surface area contributed by atoms with Crippen molar-refractivity contribution in [1.29, 1.82) is 0 Å². The van der Waals surface area contributed by atoms with Crippen molar-refractivity contribution in [2.24, 2.45) is 0 Å². The maximum Gasteiger partial charge on any atom is 0.278 e. The Balaban J connectivity index is 1.48. The molecule has 2 amide bonds. The number of benzene rings is 2. The molecule has 200 valence electrons. The minimum atomic E-state index is -0.919. The summed E-state index contributed by atoms with van der Waals surface area (Å²) in [6.45, 7) is 0. The number of rotatable bonds is 7. The number of terminal acetylenes is 1. The highest BCUT2D eigenvalue weighted by Gasteiger charge is 2.37. The Morgan fingerprint density at radius 1 is 1.05 bits per heavy atom. The minimum Gasteiger partial charge on any atom is -0.444 e. The lowest BCUT2D eigenvalue weighted by atomic mass is 9.94. The van der Waals surface area contributed by atoms with E-state index in [0.29, 0.717) is 16.5 Å². The summed E-state index contributed by atoms with van der Waals surface area (Å²) in [6.07, 6.45) is 13.8. The van der Waals surface area contributed by atoms with Crippen molar-refractivity contribution in [1.82, 2.24) is 15.3 Å². The first-order valence-electron chi connectivity index (χ1n) is 13.1. The van der Waals surface area contributed by atoms with Gasteiger partial charge in [-0.15, -0.1) is 29.1 Å². The number of nitrogens with zero attached hydrogens (tertiary/aromatic N) is 3. The third-order valence-corrected chi connectivity index (χ3v) is 8.95. The van der Waals surface area contributed by atoms with Gasteiger partial charge in [0.05, 0.1) is 6.20 Å². The molecule has 1 aliphatic rings. The summed E-state index contributed by atoms with van der Waals surface area (Å²) >= 11 is 2.78. The summed E-state index contributed by atoms with van der Waals surface area (Å²) in [5.74, 6) is 2.50. The molecule has 7 nitrogen and oxygen atoms in total. The standard InChI is InChI=1S/C31H26N4O3S2/c1-2-28-34-25(18-40-28)31(37)35(22-14-12-20(13-15-22)26-16-32-19-38-26)29(30(36)33-21-8-4-3-5-9-21)24-17-39-27-11-7-6-10-23(24)27/h1,6-7,10-19,21,29H,3-5,8-9H2,(H,33,36). The van der Waals surface area contributed by atoms with Gasteiger partial charge >= 0.3 is 0 Å². The number of fused-ring (bicyclic) bond motifs is 1. The van der Waals surface area contributed by atoms with E-state index < -0.39 is 11.9 Å². The van der Waals surface area contributed by atoms with Crippen LogP contribution in [0.3, 0.4) is 0 Å². The quantitative estimate of drug-likeness (QED) is 0.218. The highest BCUT2D eigenvalue weighted by molar-refractivity contribution is 7.17. The van der Waals surface area contributed by atoms with Crippen LogP contribution in [-0.4, -0.2) is 27.8 Å². The van der Waals surface area contributed by atoms with Crippen LogP contribution in [0.15, 0.2) is 76.3 Å². The van der Waals surface area contributed by atoms with Gasteiger partial charge in [0, 0.05) is 32.9 Å². The summed E-state index contributed by atoms with van der Waals surface area (Å²) in [5, 5.41) is 8.25. The molecule has 40 heavy (non-hydrogen) atoms. The number of carbonyl (C=O) groups is 2. The van der Waals surface area contributed by atoms with Gasteiger partial charge in [-0.05, 0) is 59.9 Å². The second kappa shape index (κ2) is 11.5. The zero-order valence-corrected chi connectivity index (χ0v) is 23.2. The van der Waals surface area contributed by atoms with Crippen molar-refractivity contribution in [2.75, 3.05) is 4.90 Å². The van der Waals surface area contributed by atoms with Gasteiger partial charge in [-0.25, -0.2) is 9.97 Å². The van der Waals surface area contributed by atoms with Gasteiger partial charge in [0.15, 0.2) is 17.2 Å². The first-order chi connectivity index (χ1) is 19.6. The lowest BCUT2D eigenvalue weighted by Crippen LogP contribution is -2.47. The fourth-order valence-electron chi connectivity index (χ4n) is 5.22. The average molecular weight is 567 g/mol. The van der Waals surface area contributed by atoms with E-state index in [1.807, 2.05) is 53.9 Å². The summed E-state index contributed by atoms with van der Waals surface area (Å²) in [4.78, 5) is 38.4. The summed E-state index contributed by atoms with van der Waals surface area (Å²) in [5.41, 5.74) is 2.34. The molecule has 0 bridgehead atoms. The molecule has 1 aliphatic carbocycles. The van der Waals surface area contributed by atoms with Crippen molar-refractivity contribution in [3.63, 3.8) is 0 Å². The van der Waals surface area contributed by atoms with Crippen molar-refractivity contribution in [2.45, 2.75) is 44.2 Å². The normalized spacial score (nSPS) is 14.5. The number of anilines is 1. The Morgan fingerprint density at radius 2 is 1.85 bits per heavy atom. The smallest absolute Gasteiger partial charge is 0.278 e. The van der Waals surface area contributed by atoms with E-state index in [-0.39, 0.29) is 17.6 Å². The number of hydrogen-bond donors (Lipinski definition) is 1. The van der Waals surface area contributed by atoms with Gasteiger partial charge in [0.1, 0.15) is 11.7 Å². The predicted molar refractivity (Wildman–Crippen MR) is 158 cm³/mol. The first-order valence-corrected chi connectivity index (χ1v) is 14.9. The van der Waals surface area contributed by atoms with E-state index in [0.717, 1.165) is 46.9 Å². The Bertz CT molecular complexity index is 1680.